The monoisotopic (exact) mass is 589 g/mol. The normalized spacial score (nSPS) is 20.7. The van der Waals surface area contributed by atoms with E-state index in [4.69, 9.17) is 26.1 Å². The molecule has 2 unspecified atom stereocenters. The van der Waals surface area contributed by atoms with Crippen molar-refractivity contribution in [2.24, 2.45) is 0 Å². The van der Waals surface area contributed by atoms with Gasteiger partial charge in [0, 0.05) is 18.4 Å². The van der Waals surface area contributed by atoms with E-state index in [-0.39, 0.29) is 28.4 Å². The molecule has 3 aliphatic rings. The Kier molecular flexibility index (Phi) is 7.13. The van der Waals surface area contributed by atoms with Crippen LogP contribution in [0.15, 0.2) is 48.7 Å². The number of benzene rings is 1. The second kappa shape index (κ2) is 11.1. The maximum Gasteiger partial charge on any atom is 0.354 e. The first-order chi connectivity index (χ1) is 20.4. The zero-order valence-corrected chi connectivity index (χ0v) is 23.5. The summed E-state index contributed by atoms with van der Waals surface area (Å²) in [6, 6.07) is 10.6. The van der Waals surface area contributed by atoms with Crippen molar-refractivity contribution in [3.63, 3.8) is 0 Å². The number of ether oxygens (including phenoxy) is 2. The molecule has 2 saturated heterocycles. The van der Waals surface area contributed by atoms with Crippen LogP contribution in [-0.2, 0) is 17.8 Å². The Balaban J connectivity index is 1.08. The summed E-state index contributed by atoms with van der Waals surface area (Å²) < 4.78 is 28.7. The van der Waals surface area contributed by atoms with Crippen LogP contribution in [0.5, 0.6) is 5.75 Å². The number of nitrogens with zero attached hydrogens (tertiary/aromatic N) is 5. The minimum atomic E-state index is -1.06. The molecule has 3 aromatic heterocycles. The maximum absolute atomic E-state index is 14.6. The van der Waals surface area contributed by atoms with Gasteiger partial charge in [0.1, 0.15) is 28.6 Å². The van der Waals surface area contributed by atoms with Gasteiger partial charge in [-0.05, 0) is 68.1 Å². The van der Waals surface area contributed by atoms with Crippen LogP contribution in [0.1, 0.15) is 64.4 Å². The summed E-state index contributed by atoms with van der Waals surface area (Å²) >= 11 is 5.90. The highest BCUT2D eigenvalue weighted by molar-refractivity contribution is 6.30. The number of halogens is 2. The van der Waals surface area contributed by atoms with E-state index in [2.05, 4.69) is 20.9 Å². The Morgan fingerprint density at radius 1 is 1.14 bits per heavy atom. The van der Waals surface area contributed by atoms with Crippen molar-refractivity contribution in [2.75, 3.05) is 19.7 Å². The van der Waals surface area contributed by atoms with Crippen molar-refractivity contribution in [2.45, 2.75) is 50.5 Å². The first-order valence-corrected chi connectivity index (χ1v) is 14.5. The summed E-state index contributed by atoms with van der Waals surface area (Å²) in [5.41, 5.74) is 3.58. The van der Waals surface area contributed by atoms with Gasteiger partial charge in [-0.2, -0.15) is 0 Å². The number of fused-ring (bicyclic) bond motifs is 2. The zero-order valence-electron chi connectivity index (χ0n) is 22.7. The highest BCUT2D eigenvalue weighted by Gasteiger charge is 2.30. The minimum absolute atomic E-state index is 0.00520. The van der Waals surface area contributed by atoms with E-state index in [1.807, 2.05) is 28.9 Å². The Labute approximate surface area is 246 Å². The number of rotatable bonds is 7. The van der Waals surface area contributed by atoms with Gasteiger partial charge in [-0.25, -0.2) is 19.2 Å². The fraction of sp³-hybridized carbons (Fsp3) is 0.355. The standard InChI is InChI=1S/C31H29ClFN5O4/c32-20-14-23(33)28(34-15-20)26-7-4-19-2-1-3-22(29(19)42-26)18-8-11-37(12-9-18)17-27-35-24-5-6-25(31(39)40)36-30(24)38(27)16-21-10-13-41-21/h1-7,14-15,18,21,26H,8-13,16-17H2,(H,39,40). The van der Waals surface area contributed by atoms with Gasteiger partial charge in [-0.15, -0.1) is 0 Å². The van der Waals surface area contributed by atoms with E-state index >= 15 is 0 Å². The Hall–Kier alpha value is -3.86. The molecule has 1 aromatic carbocycles. The summed E-state index contributed by atoms with van der Waals surface area (Å²) in [7, 11) is 0. The molecule has 1 N–H and O–H groups in total. The topological polar surface area (TPSA) is 103 Å². The number of carboxylic acid groups (broad SMARTS) is 1. The van der Waals surface area contributed by atoms with Gasteiger partial charge >= 0.3 is 5.97 Å². The highest BCUT2D eigenvalue weighted by atomic mass is 35.5. The molecule has 0 aliphatic carbocycles. The number of pyridine rings is 2. The Bertz CT molecular complexity index is 1700. The zero-order chi connectivity index (χ0) is 28.8. The number of hydrogen-bond donors (Lipinski definition) is 1. The lowest BCUT2D eigenvalue weighted by atomic mass is 9.87. The van der Waals surface area contributed by atoms with E-state index in [9.17, 15) is 14.3 Å². The molecule has 2 atom stereocenters. The van der Waals surface area contributed by atoms with Crippen molar-refractivity contribution in [1.82, 2.24) is 24.4 Å². The van der Waals surface area contributed by atoms with E-state index in [0.29, 0.717) is 24.3 Å². The molecule has 0 spiro atoms. The number of likely N-dealkylation sites (tertiary alicyclic amines) is 1. The van der Waals surface area contributed by atoms with E-state index in [0.717, 1.165) is 61.7 Å². The second-order valence-corrected chi connectivity index (χ2v) is 11.4. The molecule has 11 heteroatoms. The summed E-state index contributed by atoms with van der Waals surface area (Å²) in [6.07, 6.45) is 7.50. The van der Waals surface area contributed by atoms with Crippen LogP contribution >= 0.6 is 11.6 Å². The number of aromatic carboxylic acids is 1. The molecular formula is C31H29ClFN5O4. The number of para-hydroxylation sites is 1. The molecule has 0 radical (unpaired) electrons. The first-order valence-electron chi connectivity index (χ1n) is 14.1. The quantitative estimate of drug-likeness (QED) is 0.296. The van der Waals surface area contributed by atoms with Gasteiger partial charge in [0.2, 0.25) is 0 Å². The van der Waals surface area contributed by atoms with Crippen LogP contribution in [0, 0.1) is 5.82 Å². The number of aromatic nitrogens is 4. The summed E-state index contributed by atoms with van der Waals surface area (Å²) in [6.45, 7) is 3.69. The SMILES string of the molecule is O=C(O)c1ccc2nc(CN3CCC(c4cccc5c4OC(c4ncc(Cl)cc4F)C=C5)CC3)n(CC3CCO3)c2n1. The molecule has 3 aliphatic heterocycles. The lowest BCUT2D eigenvalue weighted by Crippen LogP contribution is -2.35. The number of piperidine rings is 1. The molecular weight excluding hydrogens is 561 g/mol. The third-order valence-corrected chi connectivity index (χ3v) is 8.55. The average Bonchev–Trinajstić information content (AvgIpc) is 3.30. The lowest BCUT2D eigenvalue weighted by Gasteiger charge is -2.34. The Morgan fingerprint density at radius 2 is 1.98 bits per heavy atom. The molecule has 216 valence electrons. The van der Waals surface area contributed by atoms with Crippen molar-refractivity contribution in [1.29, 1.82) is 0 Å². The van der Waals surface area contributed by atoms with E-state index in [1.165, 1.54) is 18.3 Å². The number of carboxylic acids is 1. The van der Waals surface area contributed by atoms with Gasteiger partial charge in [0.05, 0.1) is 24.2 Å². The first kappa shape index (κ1) is 27.0. The van der Waals surface area contributed by atoms with Crippen molar-refractivity contribution in [3.05, 3.63) is 87.9 Å². The molecule has 7 rings (SSSR count). The number of imidazole rings is 1. The van der Waals surface area contributed by atoms with Crippen LogP contribution in [0.4, 0.5) is 4.39 Å². The smallest absolute Gasteiger partial charge is 0.354 e. The predicted octanol–water partition coefficient (Wildman–Crippen LogP) is 5.63. The maximum atomic E-state index is 14.6. The van der Waals surface area contributed by atoms with Crippen LogP contribution in [0.3, 0.4) is 0 Å². The molecule has 4 aromatic rings. The molecule has 9 nitrogen and oxygen atoms in total. The largest absolute Gasteiger partial charge is 0.479 e. The molecule has 0 amide bonds. The summed E-state index contributed by atoms with van der Waals surface area (Å²) in [5, 5.41) is 9.71. The second-order valence-electron chi connectivity index (χ2n) is 11.0. The van der Waals surface area contributed by atoms with Crippen LogP contribution in [-0.4, -0.2) is 61.3 Å². The predicted molar refractivity (Wildman–Crippen MR) is 154 cm³/mol. The van der Waals surface area contributed by atoms with Crippen LogP contribution in [0.2, 0.25) is 5.02 Å². The number of hydrogen-bond acceptors (Lipinski definition) is 7. The molecule has 6 heterocycles. The van der Waals surface area contributed by atoms with Crippen molar-refractivity contribution >= 4 is 34.8 Å². The molecule has 42 heavy (non-hydrogen) atoms. The fourth-order valence-electron chi connectivity index (χ4n) is 6.02. The van der Waals surface area contributed by atoms with Gasteiger partial charge in [0.15, 0.2) is 17.4 Å². The third kappa shape index (κ3) is 5.14. The van der Waals surface area contributed by atoms with Crippen LogP contribution < -0.4 is 4.74 Å². The molecule has 0 bridgehead atoms. The number of carbonyl (C=O) groups is 1. The average molecular weight is 590 g/mol. The van der Waals surface area contributed by atoms with Crippen molar-refractivity contribution in [3.8, 4) is 5.75 Å². The van der Waals surface area contributed by atoms with E-state index < -0.39 is 17.9 Å². The Morgan fingerprint density at radius 3 is 2.71 bits per heavy atom. The fourth-order valence-corrected chi connectivity index (χ4v) is 6.16. The van der Waals surface area contributed by atoms with Gasteiger partial charge in [-0.1, -0.05) is 35.9 Å². The van der Waals surface area contributed by atoms with Gasteiger partial charge < -0.3 is 19.1 Å². The lowest BCUT2D eigenvalue weighted by molar-refractivity contribution is -0.0593. The minimum Gasteiger partial charge on any atom is -0.479 e. The van der Waals surface area contributed by atoms with Gasteiger partial charge in [0.25, 0.3) is 0 Å². The summed E-state index contributed by atoms with van der Waals surface area (Å²) in [5.74, 6) is 0.378. The highest BCUT2D eigenvalue weighted by Crippen LogP contribution is 2.42. The van der Waals surface area contributed by atoms with Crippen molar-refractivity contribution < 1.29 is 23.8 Å². The molecule has 2 fully saturated rings. The summed E-state index contributed by atoms with van der Waals surface area (Å²) in [4.78, 5) is 27.4. The molecule has 0 saturated carbocycles. The van der Waals surface area contributed by atoms with Crippen LogP contribution in [0.25, 0.3) is 17.2 Å². The van der Waals surface area contributed by atoms with Gasteiger partial charge in [-0.3, -0.25) is 9.88 Å². The van der Waals surface area contributed by atoms with E-state index in [1.54, 1.807) is 6.07 Å². The third-order valence-electron chi connectivity index (χ3n) is 8.34.